The van der Waals surface area contributed by atoms with Crippen molar-refractivity contribution in [3.8, 4) is 23.0 Å². The van der Waals surface area contributed by atoms with Gasteiger partial charge in [0.05, 0.1) is 44.0 Å². The lowest BCUT2D eigenvalue weighted by Crippen LogP contribution is -2.23. The fraction of sp³-hybridized carbons (Fsp3) is 0.125. The number of aromatic carboxylic acids is 4. The van der Waals surface area contributed by atoms with Crippen molar-refractivity contribution in [3.63, 3.8) is 0 Å². The molecule has 0 atom stereocenters. The predicted molar refractivity (Wildman–Crippen MR) is 426 cm³/mol. The van der Waals surface area contributed by atoms with Crippen molar-refractivity contribution >= 4 is 123 Å². The molecule has 0 spiro atoms. The van der Waals surface area contributed by atoms with Crippen molar-refractivity contribution in [1.82, 2.24) is 0 Å². The number of amides is 1. The lowest BCUT2D eigenvalue weighted by atomic mass is 9.99. The summed E-state index contributed by atoms with van der Waals surface area (Å²) >= 11 is 51.3. The Bertz CT molecular complexity index is 5320. The third kappa shape index (κ3) is 22.8. The molecule has 12 aromatic rings. The van der Waals surface area contributed by atoms with Gasteiger partial charge < -0.3 is 64.3 Å². The summed E-state index contributed by atoms with van der Waals surface area (Å²) < 4.78 is 23.4. The first-order chi connectivity index (χ1) is 52.8. The van der Waals surface area contributed by atoms with E-state index in [-0.39, 0.29) is 59.6 Å². The average Bonchev–Trinajstić information content (AvgIpc) is 0.824. The summed E-state index contributed by atoms with van der Waals surface area (Å²) in [6.07, 6.45) is 0.993. The lowest BCUT2D eigenvalue weighted by molar-refractivity contribution is -0.256. The topological polar surface area (TPSA) is 241 Å². The van der Waals surface area contributed by atoms with E-state index in [1.54, 1.807) is 146 Å². The Morgan fingerprint density at radius 3 is 0.909 bits per heavy atom. The van der Waals surface area contributed by atoms with E-state index in [9.17, 15) is 44.4 Å². The van der Waals surface area contributed by atoms with E-state index >= 15 is 0 Å². The van der Waals surface area contributed by atoms with Crippen LogP contribution in [0.1, 0.15) is 135 Å². The van der Waals surface area contributed by atoms with E-state index < -0.39 is 29.8 Å². The van der Waals surface area contributed by atoms with Crippen LogP contribution in [0.25, 0.3) is 0 Å². The fourth-order valence-corrected chi connectivity index (χ4v) is 13.7. The predicted octanol–water partition coefficient (Wildman–Crippen LogP) is 18.1. The number of halogens is 8. The first kappa shape index (κ1) is 83.5. The number of carboxylic acids is 4. The molecule has 562 valence electrons. The number of rotatable bonds is 25. The van der Waals surface area contributed by atoms with Gasteiger partial charge in [-0.2, -0.15) is 0 Å². The number of primary amides is 1. The number of carbonyl (C=O) groups is 5. The molecular weight excluding hydrogens is 1560 g/mol. The van der Waals surface area contributed by atoms with Gasteiger partial charge in [0.25, 0.3) is 0 Å². The van der Waals surface area contributed by atoms with Crippen molar-refractivity contribution in [2.45, 2.75) is 72.9 Å². The summed E-state index contributed by atoms with van der Waals surface area (Å²) in [5.74, 6) is -3.65. The SMILES string of the molecule is Cc1ccc(COc2ccc(Cl)c(Cc3ccccc3C(=O)[O-])c2Cl)cc1.Cc1cccc(COc2ccc(Cl)c(Cc3ccccc3C(=O)[O-])c2Cl)c1.Cc1ccccc1COc1ccc(Cl)c(Cc2ccccc2C(=O)[O-])c1Cl.NC(=O)c1ccccc1COc1ccc(Cl)c(Cc2ccccc2C(=O)[O-])c1Cl. The number of benzene rings is 12. The minimum atomic E-state index is -1.27. The van der Waals surface area contributed by atoms with Crippen LogP contribution >= 0.6 is 92.8 Å². The van der Waals surface area contributed by atoms with Gasteiger partial charge >= 0.3 is 0 Å². The van der Waals surface area contributed by atoms with E-state index in [1.165, 1.54) is 29.8 Å². The van der Waals surface area contributed by atoms with E-state index in [1.807, 2.05) is 93.6 Å². The molecule has 0 saturated heterocycles. The molecule has 0 aliphatic heterocycles. The monoisotopic (exact) mass is 1630 g/mol. The average molecular weight is 1630 g/mol. The molecule has 12 rings (SSSR count). The zero-order valence-corrected chi connectivity index (χ0v) is 65.2. The van der Waals surface area contributed by atoms with Crippen LogP contribution in [-0.2, 0) is 52.1 Å². The Morgan fingerprint density at radius 1 is 0.291 bits per heavy atom. The highest BCUT2D eigenvalue weighted by Gasteiger charge is 2.21. The summed E-state index contributed by atoms with van der Waals surface area (Å²) in [4.78, 5) is 56.9. The van der Waals surface area contributed by atoms with Gasteiger partial charge in [-0.1, -0.05) is 292 Å². The van der Waals surface area contributed by atoms with Crippen molar-refractivity contribution in [3.05, 3.63) is 394 Å². The highest BCUT2D eigenvalue weighted by atomic mass is 35.5. The van der Waals surface area contributed by atoms with Gasteiger partial charge in [-0.05, 0) is 142 Å². The summed E-state index contributed by atoms with van der Waals surface area (Å²) in [6.45, 7) is 7.26. The number of aryl methyl sites for hydroxylation is 3. The molecular formula is C88H67Cl8NO13-4. The summed E-state index contributed by atoms with van der Waals surface area (Å²) in [5.41, 5.74) is 18.0. The molecule has 0 aliphatic carbocycles. The molecule has 22 heteroatoms. The molecule has 0 unspecified atom stereocenters. The largest absolute Gasteiger partial charge is 0.545 e. The van der Waals surface area contributed by atoms with E-state index in [4.69, 9.17) is 117 Å². The third-order valence-electron chi connectivity index (χ3n) is 17.3. The minimum absolute atomic E-state index is 0.0707. The quantitative estimate of drug-likeness (QED) is 0.0560. The lowest BCUT2D eigenvalue weighted by Gasteiger charge is -2.16. The van der Waals surface area contributed by atoms with Crippen LogP contribution in [0.5, 0.6) is 23.0 Å². The number of hydrogen-bond acceptors (Lipinski definition) is 13. The van der Waals surface area contributed by atoms with E-state index in [0.29, 0.717) is 134 Å². The van der Waals surface area contributed by atoms with Crippen LogP contribution in [0.15, 0.2) is 243 Å². The van der Waals surface area contributed by atoms with Crippen LogP contribution in [0.2, 0.25) is 40.2 Å². The molecule has 1 amide bonds. The van der Waals surface area contributed by atoms with Crippen LogP contribution in [0.4, 0.5) is 0 Å². The van der Waals surface area contributed by atoms with E-state index in [2.05, 4.69) is 0 Å². The van der Waals surface area contributed by atoms with Gasteiger partial charge in [0.2, 0.25) is 5.91 Å². The number of nitrogens with two attached hydrogens (primary N) is 1. The highest BCUT2D eigenvalue weighted by Crippen LogP contribution is 2.41. The zero-order valence-electron chi connectivity index (χ0n) is 59.2. The molecule has 12 aromatic carbocycles. The van der Waals surface area contributed by atoms with Crippen molar-refractivity contribution in [2.24, 2.45) is 5.73 Å². The van der Waals surface area contributed by atoms with Gasteiger partial charge in [-0.25, -0.2) is 0 Å². The normalized spacial score (nSPS) is 10.6. The first-order valence-electron chi connectivity index (χ1n) is 33.9. The maximum Gasteiger partial charge on any atom is 0.249 e. The van der Waals surface area contributed by atoms with Crippen LogP contribution in [-0.4, -0.2) is 29.8 Å². The number of hydrogen-bond donors (Lipinski definition) is 1. The number of carbonyl (C=O) groups excluding carboxylic acids is 5. The summed E-state index contributed by atoms with van der Waals surface area (Å²) in [6, 6.07) is 70.8. The van der Waals surface area contributed by atoms with Gasteiger partial charge in [0.1, 0.15) is 49.4 Å². The molecule has 0 radical (unpaired) electrons. The maximum absolute atomic E-state index is 11.6. The molecule has 0 heterocycles. The summed E-state index contributed by atoms with van der Waals surface area (Å²) in [5, 5.41) is 48.5. The fourth-order valence-electron chi connectivity index (χ4n) is 11.4. The smallest absolute Gasteiger partial charge is 0.249 e. The third-order valence-corrected chi connectivity index (χ3v) is 20.4. The van der Waals surface area contributed by atoms with Crippen molar-refractivity contribution in [1.29, 1.82) is 0 Å². The highest BCUT2D eigenvalue weighted by molar-refractivity contribution is 6.39. The minimum Gasteiger partial charge on any atom is -0.545 e. The maximum atomic E-state index is 11.6. The molecule has 0 aromatic heterocycles. The molecule has 110 heavy (non-hydrogen) atoms. The van der Waals surface area contributed by atoms with Gasteiger partial charge in [-0.15, -0.1) is 0 Å². The second-order valence-electron chi connectivity index (χ2n) is 24.9. The Labute approximate surface area is 676 Å². The first-order valence-corrected chi connectivity index (χ1v) is 36.9. The van der Waals surface area contributed by atoms with Crippen molar-refractivity contribution in [2.75, 3.05) is 0 Å². The Morgan fingerprint density at radius 2 is 0.582 bits per heavy atom. The number of ether oxygens (including phenoxy) is 4. The molecule has 14 nitrogen and oxygen atoms in total. The second kappa shape index (κ2) is 40.3. The van der Waals surface area contributed by atoms with Gasteiger partial charge in [0, 0.05) is 79.2 Å². The Hall–Kier alpha value is -10.5. The van der Waals surface area contributed by atoms with Gasteiger partial charge in [-0.3, -0.25) is 4.79 Å². The second-order valence-corrected chi connectivity index (χ2v) is 28.1. The molecule has 0 aliphatic rings. The molecule has 2 N–H and O–H groups in total. The summed E-state index contributed by atoms with van der Waals surface area (Å²) in [7, 11) is 0. The number of carboxylic acid groups (broad SMARTS) is 4. The Balaban J connectivity index is 0.000000169. The zero-order chi connectivity index (χ0) is 79.1. The molecule has 0 saturated carbocycles. The molecule has 0 bridgehead atoms. The van der Waals surface area contributed by atoms with Gasteiger partial charge in [0.15, 0.2) is 0 Å². The van der Waals surface area contributed by atoms with Crippen LogP contribution in [0, 0.1) is 20.8 Å². The van der Waals surface area contributed by atoms with Crippen LogP contribution < -0.4 is 45.1 Å². The van der Waals surface area contributed by atoms with Crippen molar-refractivity contribution < 1.29 is 63.3 Å². The Kier molecular flexibility index (Phi) is 30.6. The standard InChI is InChI=1S/C22H17Cl2NO4.3C22H18Cl2O3/c23-18-9-10-19(29-12-14-6-2-3-7-15(14)21(25)26)20(24)17(18)11-13-5-1-4-8-16(13)22(27)28;1-14-5-4-6-15(11-14)13-27-20-10-9-19(23)18(21(20)24)12-16-7-2-3-8-17(16)22(25)26;1-14-6-2-3-8-16(14)13-27-20-11-10-19(23)18(21(20)24)12-15-7-4-5-9-17(15)22(25)26;1-14-6-8-15(9-7-14)13-27-20-11-10-19(23)18(21(20)24)12-16-4-2-3-5-17(16)22(25)26/h1-10H,11-12H2,(H2,25,26)(H,27,28);3*2-11H,12-13H2,1H3,(H,25,26)/p-4. The van der Waals surface area contributed by atoms with E-state index in [0.717, 1.165) is 27.8 Å². The van der Waals surface area contributed by atoms with Crippen LogP contribution in [0.3, 0.4) is 0 Å². The molecule has 0 fully saturated rings.